The molecule has 0 spiro atoms. The lowest BCUT2D eigenvalue weighted by atomic mass is 10.2. The number of hydrogen-bond acceptors (Lipinski definition) is 5. The molecule has 1 aromatic heterocycles. The normalized spacial score (nSPS) is 10.5. The van der Waals surface area contributed by atoms with Gasteiger partial charge in [-0.15, -0.1) is 0 Å². The topological polar surface area (TPSA) is 75.5 Å². The summed E-state index contributed by atoms with van der Waals surface area (Å²) in [5, 5.41) is 18.7. The van der Waals surface area contributed by atoms with Gasteiger partial charge < -0.3 is 14.9 Å². The van der Waals surface area contributed by atoms with Gasteiger partial charge in [0, 0.05) is 18.3 Å². The zero-order valence-corrected chi connectivity index (χ0v) is 11.6. The third kappa shape index (κ3) is 3.03. The highest BCUT2D eigenvalue weighted by Crippen LogP contribution is 2.29. The van der Waals surface area contributed by atoms with Crippen molar-refractivity contribution >= 4 is 0 Å². The number of phenolic OH excluding ortho intramolecular Hbond substituents is 2. The third-order valence-corrected chi connectivity index (χ3v) is 2.99. The number of rotatable bonds is 3. The van der Waals surface area contributed by atoms with Crippen LogP contribution in [0.1, 0.15) is 0 Å². The fraction of sp³-hybridized carbons (Fsp3) is 0. The van der Waals surface area contributed by atoms with Crippen LogP contribution in [0, 0.1) is 11.6 Å². The molecule has 2 N–H and O–H groups in total. The summed E-state index contributed by atoms with van der Waals surface area (Å²) in [5.41, 5.74) is 0.0115. The van der Waals surface area contributed by atoms with Crippen molar-refractivity contribution in [2.75, 3.05) is 0 Å². The molecule has 5 nitrogen and oxygen atoms in total. The van der Waals surface area contributed by atoms with E-state index in [2.05, 4.69) is 9.97 Å². The van der Waals surface area contributed by atoms with Crippen LogP contribution in [0.5, 0.6) is 23.1 Å². The van der Waals surface area contributed by atoms with Crippen molar-refractivity contribution in [3.05, 3.63) is 60.3 Å². The predicted octanol–water partition coefficient (Wildman–Crippen LogP) is 3.63. The number of aromatic hydroxyl groups is 2. The van der Waals surface area contributed by atoms with Crippen molar-refractivity contribution in [2.45, 2.75) is 0 Å². The van der Waals surface area contributed by atoms with Crippen molar-refractivity contribution in [2.24, 2.45) is 0 Å². The monoisotopic (exact) mass is 316 g/mol. The maximum atomic E-state index is 13.9. The van der Waals surface area contributed by atoms with E-state index in [0.29, 0.717) is 0 Å². The number of ether oxygens (including phenoxy) is 1. The van der Waals surface area contributed by atoms with Gasteiger partial charge in [0.05, 0.1) is 5.56 Å². The summed E-state index contributed by atoms with van der Waals surface area (Å²) in [6.07, 6.45) is 1.35. The van der Waals surface area contributed by atoms with Gasteiger partial charge in [-0.1, -0.05) is 6.07 Å². The zero-order chi connectivity index (χ0) is 16.4. The van der Waals surface area contributed by atoms with Gasteiger partial charge in [-0.25, -0.2) is 13.8 Å². The number of aromatic nitrogens is 2. The largest absolute Gasteiger partial charge is 0.505 e. The second-order valence-corrected chi connectivity index (χ2v) is 4.57. The first kappa shape index (κ1) is 14.7. The predicted molar refractivity (Wildman–Crippen MR) is 77.2 cm³/mol. The average molecular weight is 316 g/mol. The number of benzene rings is 2. The van der Waals surface area contributed by atoms with Crippen LogP contribution < -0.4 is 4.74 Å². The number of nitrogens with zero attached hydrogens (tertiary/aromatic N) is 2. The maximum absolute atomic E-state index is 13.9. The summed E-state index contributed by atoms with van der Waals surface area (Å²) in [7, 11) is 0. The van der Waals surface area contributed by atoms with E-state index in [1.54, 1.807) is 0 Å². The van der Waals surface area contributed by atoms with Gasteiger partial charge in [0.25, 0.3) is 0 Å². The Labute approximate surface area is 129 Å². The molecule has 0 unspecified atom stereocenters. The summed E-state index contributed by atoms with van der Waals surface area (Å²) in [6, 6.07) is 8.95. The lowest BCUT2D eigenvalue weighted by Gasteiger charge is -2.07. The van der Waals surface area contributed by atoms with Crippen molar-refractivity contribution in [1.82, 2.24) is 9.97 Å². The molecular weight excluding hydrogens is 306 g/mol. The molecule has 23 heavy (non-hydrogen) atoms. The molecule has 0 radical (unpaired) electrons. The van der Waals surface area contributed by atoms with E-state index in [9.17, 15) is 19.0 Å². The van der Waals surface area contributed by atoms with Crippen LogP contribution in [0.25, 0.3) is 11.4 Å². The van der Waals surface area contributed by atoms with Crippen LogP contribution in [-0.4, -0.2) is 20.2 Å². The lowest BCUT2D eigenvalue weighted by molar-refractivity contribution is 0.418. The lowest BCUT2D eigenvalue weighted by Crippen LogP contribution is -1.95. The van der Waals surface area contributed by atoms with Gasteiger partial charge in [0.2, 0.25) is 5.88 Å². The highest BCUT2D eigenvalue weighted by atomic mass is 19.1. The Bertz CT molecular complexity index is 872. The molecule has 0 fully saturated rings. The molecular formula is C16H10F2N2O3. The second kappa shape index (κ2) is 5.88. The van der Waals surface area contributed by atoms with Crippen LogP contribution in [-0.2, 0) is 0 Å². The van der Waals surface area contributed by atoms with Gasteiger partial charge in [0.1, 0.15) is 5.75 Å². The summed E-state index contributed by atoms with van der Waals surface area (Å²) in [4.78, 5) is 7.97. The summed E-state index contributed by atoms with van der Waals surface area (Å²) < 4.78 is 32.3. The molecule has 0 saturated carbocycles. The van der Waals surface area contributed by atoms with Crippen LogP contribution in [0.4, 0.5) is 8.78 Å². The second-order valence-electron chi connectivity index (χ2n) is 4.57. The molecule has 0 aliphatic carbocycles. The number of halogens is 2. The third-order valence-electron chi connectivity index (χ3n) is 2.99. The molecule has 0 bridgehead atoms. The van der Waals surface area contributed by atoms with Gasteiger partial charge in [0.15, 0.2) is 29.0 Å². The molecule has 0 aliphatic heterocycles. The molecule has 116 valence electrons. The molecule has 1 heterocycles. The molecule has 0 aliphatic rings. The first-order chi connectivity index (χ1) is 11.0. The molecule has 2 aromatic carbocycles. The van der Waals surface area contributed by atoms with Gasteiger partial charge in [-0.3, -0.25) is 0 Å². The fourth-order valence-corrected chi connectivity index (χ4v) is 1.90. The SMILES string of the molecule is Oc1cc(Oc2ccnc(-c3cccc(O)c3F)n2)ccc1F. The van der Waals surface area contributed by atoms with Gasteiger partial charge in [-0.05, 0) is 24.3 Å². The van der Waals surface area contributed by atoms with E-state index in [1.165, 1.54) is 36.5 Å². The minimum Gasteiger partial charge on any atom is -0.505 e. The molecule has 0 atom stereocenters. The Morgan fingerprint density at radius 1 is 0.957 bits per heavy atom. The summed E-state index contributed by atoms with van der Waals surface area (Å²) in [6.45, 7) is 0. The van der Waals surface area contributed by atoms with Crippen molar-refractivity contribution in [3.63, 3.8) is 0 Å². The maximum Gasteiger partial charge on any atom is 0.222 e. The minimum atomic E-state index is -0.843. The van der Waals surface area contributed by atoms with Crippen molar-refractivity contribution < 1.29 is 23.7 Å². The zero-order valence-electron chi connectivity index (χ0n) is 11.6. The van der Waals surface area contributed by atoms with E-state index in [-0.39, 0.29) is 23.0 Å². The Balaban J connectivity index is 1.93. The molecule has 3 rings (SSSR count). The molecule has 7 heteroatoms. The van der Waals surface area contributed by atoms with E-state index in [4.69, 9.17) is 4.74 Å². The van der Waals surface area contributed by atoms with Crippen LogP contribution >= 0.6 is 0 Å². The van der Waals surface area contributed by atoms with Crippen LogP contribution in [0.3, 0.4) is 0 Å². The number of phenols is 2. The molecule has 0 amide bonds. The average Bonchev–Trinajstić information content (AvgIpc) is 2.54. The van der Waals surface area contributed by atoms with Crippen molar-refractivity contribution in [1.29, 1.82) is 0 Å². The Kier molecular flexibility index (Phi) is 3.76. The Morgan fingerprint density at radius 2 is 1.78 bits per heavy atom. The highest BCUT2D eigenvalue weighted by Gasteiger charge is 2.13. The number of hydrogen-bond donors (Lipinski definition) is 2. The van der Waals surface area contributed by atoms with Gasteiger partial charge in [-0.2, -0.15) is 4.98 Å². The fourth-order valence-electron chi connectivity index (χ4n) is 1.90. The standard InChI is InChI=1S/C16H10F2N2O3/c17-11-5-4-9(8-13(11)22)23-14-6-7-19-16(20-14)10-2-1-3-12(21)15(10)18/h1-8,21-22H. The quantitative estimate of drug-likeness (QED) is 0.772. The van der Waals surface area contributed by atoms with E-state index in [1.807, 2.05) is 0 Å². The van der Waals surface area contributed by atoms with E-state index >= 15 is 0 Å². The van der Waals surface area contributed by atoms with E-state index in [0.717, 1.165) is 12.1 Å². The van der Waals surface area contributed by atoms with Crippen LogP contribution in [0.15, 0.2) is 48.7 Å². The summed E-state index contributed by atoms with van der Waals surface area (Å²) >= 11 is 0. The Hall–Kier alpha value is -3.22. The van der Waals surface area contributed by atoms with Crippen LogP contribution in [0.2, 0.25) is 0 Å². The van der Waals surface area contributed by atoms with Gasteiger partial charge >= 0.3 is 0 Å². The smallest absolute Gasteiger partial charge is 0.222 e. The van der Waals surface area contributed by atoms with Crippen molar-refractivity contribution in [3.8, 4) is 34.5 Å². The van der Waals surface area contributed by atoms with E-state index < -0.39 is 23.1 Å². The summed E-state index contributed by atoms with van der Waals surface area (Å²) in [5.74, 6) is -2.45. The highest BCUT2D eigenvalue weighted by molar-refractivity contribution is 5.59. The first-order valence-electron chi connectivity index (χ1n) is 6.52. The molecule has 0 saturated heterocycles. The first-order valence-corrected chi connectivity index (χ1v) is 6.52. The Morgan fingerprint density at radius 3 is 2.57 bits per heavy atom. The molecule has 3 aromatic rings. The minimum absolute atomic E-state index is 0.0115.